The highest BCUT2D eigenvalue weighted by Gasteiger charge is 2.50. The van der Waals surface area contributed by atoms with E-state index in [1.807, 2.05) is 30.3 Å². The molecule has 2 aliphatic rings. The summed E-state index contributed by atoms with van der Waals surface area (Å²) in [4.78, 5) is 60.5. The van der Waals surface area contributed by atoms with Crippen molar-refractivity contribution in [1.82, 2.24) is 10.2 Å². The lowest BCUT2D eigenvalue weighted by Gasteiger charge is -2.32. The average molecular weight is 645 g/mol. The summed E-state index contributed by atoms with van der Waals surface area (Å²) in [5, 5.41) is 18.9. The van der Waals surface area contributed by atoms with E-state index in [0.29, 0.717) is 43.9 Å². The van der Waals surface area contributed by atoms with E-state index in [2.05, 4.69) is 12.2 Å². The molecule has 5 atom stereocenters. The first-order chi connectivity index (χ1) is 22.1. The molecule has 0 spiro atoms. The summed E-state index contributed by atoms with van der Waals surface area (Å²) in [5.41, 5.74) is 1.13. The highest BCUT2D eigenvalue weighted by atomic mass is 16.5. The molecular weight excluding hydrogens is 592 g/mol. The minimum atomic E-state index is -1.26. The van der Waals surface area contributed by atoms with Crippen LogP contribution < -0.4 is 5.32 Å². The van der Waals surface area contributed by atoms with E-state index in [4.69, 9.17) is 19.7 Å². The van der Waals surface area contributed by atoms with Crippen molar-refractivity contribution < 1.29 is 43.7 Å². The van der Waals surface area contributed by atoms with E-state index < -0.39 is 30.1 Å². The molecule has 3 rings (SSSR count). The number of fused-ring (bicyclic) bond motifs is 1. The van der Waals surface area contributed by atoms with Gasteiger partial charge < -0.3 is 24.6 Å². The van der Waals surface area contributed by atoms with Crippen LogP contribution >= 0.6 is 0 Å². The van der Waals surface area contributed by atoms with Crippen LogP contribution in [0.4, 0.5) is 0 Å². The third-order valence-electron chi connectivity index (χ3n) is 8.43. The molecular formula is C35H52N2O9. The molecule has 256 valence electrons. The van der Waals surface area contributed by atoms with Crippen LogP contribution in [0.25, 0.3) is 0 Å². The monoisotopic (exact) mass is 644 g/mol. The first-order valence-corrected chi connectivity index (χ1v) is 16.7. The molecule has 1 aromatic rings. The van der Waals surface area contributed by atoms with Crippen LogP contribution in [0.3, 0.4) is 0 Å². The van der Waals surface area contributed by atoms with Crippen molar-refractivity contribution in [3.05, 3.63) is 48.0 Å². The lowest BCUT2D eigenvalue weighted by Crippen LogP contribution is -2.55. The van der Waals surface area contributed by atoms with E-state index in [0.717, 1.165) is 37.7 Å². The minimum absolute atomic E-state index is 0.0729. The molecule has 5 unspecified atom stereocenters. The van der Waals surface area contributed by atoms with Crippen LogP contribution in [0.5, 0.6) is 0 Å². The van der Waals surface area contributed by atoms with Crippen LogP contribution in [-0.2, 0) is 39.9 Å². The Kier molecular flexibility index (Phi) is 17.7. The summed E-state index contributed by atoms with van der Waals surface area (Å²) in [7, 11) is 0. The van der Waals surface area contributed by atoms with Crippen LogP contribution in [0.1, 0.15) is 97.0 Å². The Morgan fingerprint density at radius 1 is 0.935 bits per heavy atom. The van der Waals surface area contributed by atoms with Gasteiger partial charge in [0, 0.05) is 18.2 Å². The molecule has 1 saturated carbocycles. The third kappa shape index (κ3) is 13.3. The number of benzene rings is 1. The maximum atomic E-state index is 13.8. The van der Waals surface area contributed by atoms with Gasteiger partial charge in [-0.25, -0.2) is 14.4 Å². The molecule has 11 heteroatoms. The Hall–Kier alpha value is -3.73. The number of rotatable bonds is 18. The normalized spacial score (nSPS) is 19.9. The number of nitrogens with zero attached hydrogens (tertiary/aromatic N) is 1. The van der Waals surface area contributed by atoms with Crippen molar-refractivity contribution in [3.8, 4) is 0 Å². The van der Waals surface area contributed by atoms with E-state index in [9.17, 15) is 24.0 Å². The molecule has 1 heterocycles. The van der Waals surface area contributed by atoms with E-state index in [-0.39, 0.29) is 30.5 Å². The molecule has 1 aromatic carbocycles. The summed E-state index contributed by atoms with van der Waals surface area (Å²) >= 11 is 0. The second kappa shape index (κ2) is 21.1. The molecule has 3 N–H and O–H groups in total. The van der Waals surface area contributed by atoms with Crippen molar-refractivity contribution in [1.29, 1.82) is 0 Å². The second-order valence-electron chi connectivity index (χ2n) is 11.9. The number of carbonyl (C=O) groups is 5. The zero-order valence-electron chi connectivity index (χ0n) is 27.5. The standard InChI is InChI=1S/C31H48N2O5.C4H4O4/c1-4-6-7-8-9-13-21-38-31(36)28-22-25-17-14-18-27(25)33(28)29(34)23(3)32-26(30(35)37-5-2)20-19-24-15-11-10-12-16-24;5-3(6)1-2-4(7)8/h10-12,15-16,23,25-28,32H,4-9,13-14,17-22H2,1-3H3;1-2H,(H,5,6)(H,7,8)/b;2-1-. The number of esters is 2. The van der Waals surface area contributed by atoms with Crippen molar-refractivity contribution in [2.24, 2.45) is 5.92 Å². The van der Waals surface area contributed by atoms with Gasteiger partial charge in [-0.15, -0.1) is 0 Å². The quantitative estimate of drug-likeness (QED) is 0.114. The highest BCUT2D eigenvalue weighted by Crippen LogP contribution is 2.42. The number of nitrogens with one attached hydrogen (secondary N) is 1. The van der Waals surface area contributed by atoms with Gasteiger partial charge in [-0.2, -0.15) is 0 Å². The Balaban J connectivity index is 0.000000812. The predicted octanol–water partition coefficient (Wildman–Crippen LogP) is 4.91. The van der Waals surface area contributed by atoms with Crippen LogP contribution in [0, 0.1) is 5.92 Å². The Morgan fingerprint density at radius 3 is 2.22 bits per heavy atom. The SMILES string of the molecule is CCCCCCCCOC(=O)C1CC2CCCC2N1C(=O)C(C)NC(CCc1ccccc1)C(=O)OCC.O=C(O)/C=C\C(=O)O. The molecule has 1 aliphatic heterocycles. The molecule has 1 aliphatic carbocycles. The number of carbonyl (C=O) groups excluding carboxylic acids is 3. The zero-order valence-corrected chi connectivity index (χ0v) is 27.5. The van der Waals surface area contributed by atoms with Gasteiger partial charge in [0.05, 0.1) is 19.3 Å². The number of carboxylic acid groups (broad SMARTS) is 2. The van der Waals surface area contributed by atoms with Gasteiger partial charge >= 0.3 is 23.9 Å². The number of aryl methyl sites for hydroxylation is 1. The van der Waals surface area contributed by atoms with Gasteiger partial charge in [0.1, 0.15) is 12.1 Å². The lowest BCUT2D eigenvalue weighted by atomic mass is 10.0. The minimum Gasteiger partial charge on any atom is -0.478 e. The summed E-state index contributed by atoms with van der Waals surface area (Å²) in [6.45, 7) is 6.47. The molecule has 2 fully saturated rings. The first-order valence-electron chi connectivity index (χ1n) is 16.7. The third-order valence-corrected chi connectivity index (χ3v) is 8.43. The molecule has 1 amide bonds. The lowest BCUT2D eigenvalue weighted by molar-refractivity contribution is -0.156. The van der Waals surface area contributed by atoms with Gasteiger partial charge in [-0.1, -0.05) is 75.8 Å². The molecule has 0 radical (unpaired) electrons. The number of aliphatic carboxylic acids is 2. The molecule has 11 nitrogen and oxygen atoms in total. The Bertz CT molecular complexity index is 1120. The van der Waals surface area contributed by atoms with Crippen molar-refractivity contribution >= 4 is 29.8 Å². The molecule has 0 aromatic heterocycles. The van der Waals surface area contributed by atoms with Crippen molar-refractivity contribution in [2.75, 3.05) is 13.2 Å². The van der Waals surface area contributed by atoms with E-state index in [1.165, 1.54) is 25.7 Å². The predicted molar refractivity (Wildman–Crippen MR) is 173 cm³/mol. The van der Waals surface area contributed by atoms with Crippen molar-refractivity contribution in [3.63, 3.8) is 0 Å². The summed E-state index contributed by atoms with van der Waals surface area (Å²) in [5.74, 6) is -2.93. The number of hydrogen-bond acceptors (Lipinski definition) is 8. The summed E-state index contributed by atoms with van der Waals surface area (Å²) < 4.78 is 11.0. The summed E-state index contributed by atoms with van der Waals surface area (Å²) in [6, 6.07) is 8.30. The zero-order chi connectivity index (χ0) is 33.9. The van der Waals surface area contributed by atoms with Crippen LogP contribution in [0.15, 0.2) is 42.5 Å². The van der Waals surface area contributed by atoms with E-state index in [1.54, 1.807) is 18.7 Å². The highest BCUT2D eigenvalue weighted by molar-refractivity contribution is 5.90. The maximum Gasteiger partial charge on any atom is 0.328 e. The second-order valence-corrected chi connectivity index (χ2v) is 11.9. The van der Waals surface area contributed by atoms with Gasteiger partial charge in [0.25, 0.3) is 0 Å². The molecule has 46 heavy (non-hydrogen) atoms. The molecule has 0 bridgehead atoms. The summed E-state index contributed by atoms with van der Waals surface area (Å²) in [6.07, 6.45) is 12.8. The van der Waals surface area contributed by atoms with E-state index >= 15 is 0 Å². The van der Waals surface area contributed by atoms with Crippen LogP contribution in [-0.4, -0.2) is 82.3 Å². The number of amides is 1. The number of unbranched alkanes of at least 4 members (excludes halogenated alkanes) is 5. The number of ether oxygens (including phenoxy) is 2. The fourth-order valence-electron chi connectivity index (χ4n) is 6.18. The fourth-order valence-corrected chi connectivity index (χ4v) is 6.18. The maximum absolute atomic E-state index is 13.8. The number of carboxylic acids is 2. The topological polar surface area (TPSA) is 160 Å². The van der Waals surface area contributed by atoms with Crippen LogP contribution in [0.2, 0.25) is 0 Å². The smallest absolute Gasteiger partial charge is 0.328 e. The Morgan fingerprint density at radius 2 is 1.59 bits per heavy atom. The van der Waals surface area contributed by atoms with Gasteiger partial charge in [-0.05, 0) is 63.9 Å². The largest absolute Gasteiger partial charge is 0.478 e. The number of hydrogen-bond donors (Lipinski definition) is 3. The van der Waals surface area contributed by atoms with Gasteiger partial charge in [0.15, 0.2) is 0 Å². The first kappa shape index (κ1) is 38.5. The molecule has 1 saturated heterocycles. The van der Waals surface area contributed by atoms with Gasteiger partial charge in [-0.3, -0.25) is 14.9 Å². The van der Waals surface area contributed by atoms with Crippen molar-refractivity contribution in [2.45, 2.75) is 122 Å². The average Bonchev–Trinajstić information content (AvgIpc) is 3.64. The number of likely N-dealkylation sites (tertiary alicyclic amines) is 1. The fraction of sp³-hybridized carbons (Fsp3) is 0.629. The van der Waals surface area contributed by atoms with Gasteiger partial charge in [0.2, 0.25) is 5.91 Å². The Labute approximate surface area is 272 Å².